The first-order chi connectivity index (χ1) is 4.34. The van der Waals surface area contributed by atoms with Crippen molar-refractivity contribution in [3.63, 3.8) is 0 Å². The minimum Gasteiger partial charge on any atom is -0.166 e. The van der Waals surface area contributed by atoms with E-state index in [1.54, 1.807) is 0 Å². The van der Waals surface area contributed by atoms with E-state index < -0.39 is 11.4 Å². The molecule has 0 aliphatic heterocycles. The molecule has 1 unspecified atom stereocenters. The van der Waals surface area contributed by atoms with Crippen LogP contribution in [0.4, 0.5) is 0 Å². The van der Waals surface area contributed by atoms with Crippen LogP contribution in [-0.2, 0) is 11.4 Å². The van der Waals surface area contributed by atoms with Crippen LogP contribution in [0.5, 0.6) is 0 Å². The van der Waals surface area contributed by atoms with Gasteiger partial charge >= 0.3 is 0 Å². The van der Waals surface area contributed by atoms with Crippen molar-refractivity contribution < 1.29 is 4.55 Å². The van der Waals surface area contributed by atoms with E-state index in [0.717, 1.165) is 0 Å². The second-order valence-electron chi connectivity index (χ2n) is 3.67. The van der Waals surface area contributed by atoms with E-state index in [-0.39, 0.29) is 4.75 Å². The second kappa shape index (κ2) is 3.60. The van der Waals surface area contributed by atoms with Gasteiger partial charge < -0.3 is 0 Å². The highest BCUT2D eigenvalue weighted by Gasteiger charge is 2.34. The molecular formula is C7H18NOS+. The van der Waals surface area contributed by atoms with E-state index in [1.165, 1.54) is 0 Å². The molecule has 0 saturated heterocycles. The standard InChI is InChI=1S/C7H18NOS/c1-6(2)8-10(9)7(3,4)5/h6,8-9H,1-5H3/q+1. The van der Waals surface area contributed by atoms with Gasteiger partial charge in [0.05, 0.1) is 0 Å². The Bertz CT molecular complexity index is 98.3. The summed E-state index contributed by atoms with van der Waals surface area (Å²) >= 11 is -0.667. The molecule has 0 fully saturated rings. The van der Waals surface area contributed by atoms with Gasteiger partial charge in [-0.1, -0.05) is 0 Å². The molecule has 0 bridgehead atoms. The highest BCUT2D eigenvalue weighted by atomic mass is 32.2. The fourth-order valence-electron chi connectivity index (χ4n) is 0.400. The molecular weight excluding hydrogens is 146 g/mol. The maximum atomic E-state index is 9.47. The zero-order valence-electron chi connectivity index (χ0n) is 7.43. The summed E-state index contributed by atoms with van der Waals surface area (Å²) in [6.07, 6.45) is 0. The van der Waals surface area contributed by atoms with Crippen LogP contribution in [-0.4, -0.2) is 15.3 Å². The van der Waals surface area contributed by atoms with E-state index >= 15 is 0 Å². The Kier molecular flexibility index (Phi) is 3.70. The zero-order valence-corrected chi connectivity index (χ0v) is 8.25. The second-order valence-corrected chi connectivity index (χ2v) is 5.70. The minimum atomic E-state index is -0.667. The molecule has 0 heterocycles. The van der Waals surface area contributed by atoms with Crippen molar-refractivity contribution in [2.75, 3.05) is 0 Å². The van der Waals surface area contributed by atoms with E-state index in [4.69, 9.17) is 0 Å². The van der Waals surface area contributed by atoms with Crippen LogP contribution in [0.15, 0.2) is 0 Å². The number of rotatable bonds is 2. The lowest BCUT2D eigenvalue weighted by atomic mass is 10.3. The molecule has 2 N–H and O–H groups in total. The molecule has 10 heavy (non-hydrogen) atoms. The van der Waals surface area contributed by atoms with Crippen LogP contribution in [0.1, 0.15) is 34.6 Å². The van der Waals surface area contributed by atoms with E-state index in [9.17, 15) is 4.55 Å². The lowest BCUT2D eigenvalue weighted by Gasteiger charge is -2.15. The molecule has 2 nitrogen and oxygen atoms in total. The van der Waals surface area contributed by atoms with Gasteiger partial charge in [0.15, 0.2) is 4.75 Å². The maximum Gasteiger partial charge on any atom is 0.240 e. The molecule has 0 amide bonds. The van der Waals surface area contributed by atoms with E-state index in [1.807, 2.05) is 34.6 Å². The van der Waals surface area contributed by atoms with Crippen LogP contribution in [0.2, 0.25) is 0 Å². The molecule has 0 spiro atoms. The van der Waals surface area contributed by atoms with Gasteiger partial charge in [-0.3, -0.25) is 0 Å². The molecule has 0 rings (SSSR count). The summed E-state index contributed by atoms with van der Waals surface area (Å²) in [4.78, 5) is 0. The minimum absolute atomic E-state index is 0.0374. The lowest BCUT2D eigenvalue weighted by molar-refractivity contribution is 0.563. The first-order valence-electron chi connectivity index (χ1n) is 3.53. The molecule has 0 aromatic rings. The van der Waals surface area contributed by atoms with E-state index in [2.05, 4.69) is 4.72 Å². The fourth-order valence-corrected chi connectivity index (χ4v) is 1.20. The third kappa shape index (κ3) is 4.14. The third-order valence-electron chi connectivity index (χ3n) is 0.927. The average Bonchev–Trinajstić information content (AvgIpc) is 1.60. The predicted octanol–water partition coefficient (Wildman–Crippen LogP) is 1.79. The lowest BCUT2D eigenvalue weighted by Crippen LogP contribution is -2.42. The molecule has 62 valence electrons. The van der Waals surface area contributed by atoms with Crippen LogP contribution in [0, 0.1) is 0 Å². The Morgan fingerprint density at radius 3 is 1.80 bits per heavy atom. The Labute approximate surface area is 66.7 Å². The van der Waals surface area contributed by atoms with Crippen LogP contribution < -0.4 is 4.72 Å². The largest absolute Gasteiger partial charge is 0.240 e. The third-order valence-corrected chi connectivity index (χ3v) is 2.78. The zero-order chi connectivity index (χ0) is 8.36. The van der Waals surface area contributed by atoms with Crippen molar-refractivity contribution in [2.24, 2.45) is 0 Å². The molecule has 0 radical (unpaired) electrons. The summed E-state index contributed by atoms with van der Waals surface area (Å²) in [5, 5.41) is 0. The summed E-state index contributed by atoms with van der Waals surface area (Å²) in [6.45, 7) is 10.1. The summed E-state index contributed by atoms with van der Waals surface area (Å²) in [5.41, 5.74) is 0. The number of hydrogen-bond donors (Lipinski definition) is 2. The Morgan fingerprint density at radius 2 is 1.70 bits per heavy atom. The molecule has 0 aliphatic rings. The van der Waals surface area contributed by atoms with Gasteiger partial charge in [0.25, 0.3) is 0 Å². The molecule has 0 aliphatic carbocycles. The Balaban J connectivity index is 3.73. The van der Waals surface area contributed by atoms with Crippen LogP contribution >= 0.6 is 0 Å². The van der Waals surface area contributed by atoms with Gasteiger partial charge in [0, 0.05) is 6.04 Å². The topological polar surface area (TPSA) is 32.3 Å². The van der Waals surface area contributed by atoms with Gasteiger partial charge in [-0.15, -0.1) is 4.72 Å². The van der Waals surface area contributed by atoms with Gasteiger partial charge in [0.1, 0.15) is 0 Å². The first kappa shape index (κ1) is 10.3. The summed E-state index contributed by atoms with van der Waals surface area (Å²) < 4.78 is 12.5. The molecule has 0 aromatic carbocycles. The van der Waals surface area contributed by atoms with Crippen molar-refractivity contribution in [1.29, 1.82) is 0 Å². The number of nitrogens with one attached hydrogen (secondary N) is 1. The van der Waals surface area contributed by atoms with Crippen molar-refractivity contribution in [3.05, 3.63) is 0 Å². The number of hydrogen-bond acceptors (Lipinski definition) is 2. The molecule has 0 saturated carbocycles. The Hall–Kier alpha value is 0.270. The highest BCUT2D eigenvalue weighted by Crippen LogP contribution is 2.13. The summed E-state index contributed by atoms with van der Waals surface area (Å²) in [7, 11) is 0. The quantitative estimate of drug-likeness (QED) is 0.610. The van der Waals surface area contributed by atoms with Crippen molar-refractivity contribution in [1.82, 2.24) is 4.72 Å². The van der Waals surface area contributed by atoms with Gasteiger partial charge in [-0.25, -0.2) is 0 Å². The Morgan fingerprint density at radius 1 is 1.30 bits per heavy atom. The summed E-state index contributed by atoms with van der Waals surface area (Å²) in [6, 6.07) is 0.354. The molecule has 1 atom stereocenters. The maximum absolute atomic E-state index is 9.47. The van der Waals surface area contributed by atoms with Crippen molar-refractivity contribution in [2.45, 2.75) is 45.4 Å². The van der Waals surface area contributed by atoms with Gasteiger partial charge in [-0.2, -0.15) is 4.55 Å². The molecule has 0 aromatic heterocycles. The first-order valence-corrected chi connectivity index (χ1v) is 4.72. The normalized spacial score (nSPS) is 15.9. The average molecular weight is 164 g/mol. The van der Waals surface area contributed by atoms with Crippen molar-refractivity contribution >= 4 is 11.4 Å². The van der Waals surface area contributed by atoms with Crippen molar-refractivity contribution in [3.8, 4) is 0 Å². The monoisotopic (exact) mass is 164 g/mol. The van der Waals surface area contributed by atoms with Gasteiger partial charge in [-0.05, 0) is 34.6 Å². The highest BCUT2D eigenvalue weighted by molar-refractivity contribution is 7.90. The molecule has 3 heteroatoms. The van der Waals surface area contributed by atoms with Crippen LogP contribution in [0.3, 0.4) is 0 Å². The smallest absolute Gasteiger partial charge is 0.166 e. The van der Waals surface area contributed by atoms with E-state index in [0.29, 0.717) is 6.04 Å². The van der Waals surface area contributed by atoms with Gasteiger partial charge in [0.2, 0.25) is 11.4 Å². The predicted molar refractivity (Wildman–Crippen MR) is 48.0 cm³/mol. The fraction of sp³-hybridized carbons (Fsp3) is 1.00. The SMILES string of the molecule is CC(C)N[S+](O)C(C)(C)C. The van der Waals surface area contributed by atoms with Crippen LogP contribution in [0.25, 0.3) is 0 Å². The summed E-state index contributed by atoms with van der Waals surface area (Å²) in [5.74, 6) is 0.